The molecule has 174 valence electrons. The van der Waals surface area contributed by atoms with Crippen LogP contribution in [0.3, 0.4) is 0 Å². The van der Waals surface area contributed by atoms with Gasteiger partial charge in [0.25, 0.3) is 0 Å². The fourth-order valence-electron chi connectivity index (χ4n) is 3.72. The van der Waals surface area contributed by atoms with Crippen LogP contribution in [-0.4, -0.2) is 87.1 Å². The average molecular weight is 437 g/mol. The Balaban J connectivity index is 0.000000366. The van der Waals surface area contributed by atoms with Crippen molar-refractivity contribution in [2.45, 2.75) is 58.5 Å². The van der Waals surface area contributed by atoms with Gasteiger partial charge in [-0.25, -0.2) is 9.59 Å². The number of aryl methyl sites for hydroxylation is 2. The van der Waals surface area contributed by atoms with Crippen molar-refractivity contribution in [3.8, 4) is 5.88 Å². The van der Waals surface area contributed by atoms with Crippen LogP contribution in [0.4, 0.5) is 0 Å². The lowest BCUT2D eigenvalue weighted by atomic mass is 10.1. The maximum absolute atomic E-state index is 9.55. The number of unbranched alkanes of at least 4 members (excludes halogenated alkanes) is 1. The molecule has 2 aliphatic rings. The van der Waals surface area contributed by atoms with Gasteiger partial charge < -0.3 is 19.8 Å². The molecule has 2 aliphatic heterocycles. The summed E-state index contributed by atoms with van der Waals surface area (Å²) < 4.78 is 7.96. The molecular weight excluding hydrogens is 400 g/mol. The lowest BCUT2D eigenvalue weighted by molar-refractivity contribution is -0.134. The summed E-state index contributed by atoms with van der Waals surface area (Å²) in [5, 5.41) is 20.2. The Morgan fingerprint density at radius 2 is 1.74 bits per heavy atom. The predicted octanol–water partition coefficient (Wildman–Crippen LogP) is 2.12. The largest absolute Gasteiger partial charge is 0.478 e. The van der Waals surface area contributed by atoms with Crippen molar-refractivity contribution in [1.82, 2.24) is 19.6 Å². The van der Waals surface area contributed by atoms with Crippen molar-refractivity contribution in [2.75, 3.05) is 39.3 Å². The number of hydrogen-bond acceptors (Lipinski definition) is 6. The van der Waals surface area contributed by atoms with E-state index in [4.69, 9.17) is 14.9 Å². The Bertz CT molecular complexity index is 684. The molecule has 0 aliphatic carbocycles. The van der Waals surface area contributed by atoms with E-state index in [0.717, 1.165) is 31.9 Å². The Morgan fingerprint density at radius 3 is 2.32 bits per heavy atom. The molecule has 1 aromatic rings. The lowest BCUT2D eigenvalue weighted by Gasteiger charge is -2.36. The Morgan fingerprint density at radius 1 is 1.06 bits per heavy atom. The Hall–Kier alpha value is -2.39. The van der Waals surface area contributed by atoms with Gasteiger partial charge in [-0.2, -0.15) is 0 Å². The monoisotopic (exact) mass is 436 g/mol. The van der Waals surface area contributed by atoms with Crippen molar-refractivity contribution in [1.29, 1.82) is 0 Å². The fraction of sp³-hybridized carbons (Fsp3) is 0.682. The molecule has 0 spiro atoms. The molecule has 3 heterocycles. The van der Waals surface area contributed by atoms with Crippen LogP contribution >= 0.6 is 0 Å². The van der Waals surface area contributed by atoms with Gasteiger partial charge in [-0.1, -0.05) is 0 Å². The Labute approximate surface area is 184 Å². The zero-order chi connectivity index (χ0) is 22.6. The van der Waals surface area contributed by atoms with Gasteiger partial charge in [-0.15, -0.1) is 5.10 Å². The molecule has 0 aromatic carbocycles. The van der Waals surface area contributed by atoms with Gasteiger partial charge >= 0.3 is 11.9 Å². The number of carbonyl (C=O) groups is 2. The molecule has 0 bridgehead atoms. The summed E-state index contributed by atoms with van der Waals surface area (Å²) in [6.07, 6.45) is 7.14. The SMILES string of the molecule is CC(C)N1CCN(CCCCOc2cc3n(n2)CCCC3)CC1.O=C(O)C=CC(=O)O. The first-order valence-electron chi connectivity index (χ1n) is 11.1. The highest BCUT2D eigenvalue weighted by molar-refractivity contribution is 5.89. The molecule has 1 saturated heterocycles. The first kappa shape index (κ1) is 24.9. The maximum atomic E-state index is 9.55. The highest BCUT2D eigenvalue weighted by atomic mass is 16.5. The number of fused-ring (bicyclic) bond motifs is 1. The number of ether oxygens (including phenoxy) is 1. The minimum absolute atomic E-state index is 0.558. The molecule has 0 amide bonds. The van der Waals surface area contributed by atoms with Gasteiger partial charge in [0.1, 0.15) is 0 Å². The summed E-state index contributed by atoms with van der Waals surface area (Å²) >= 11 is 0. The summed E-state index contributed by atoms with van der Waals surface area (Å²) in [6, 6.07) is 2.82. The van der Waals surface area contributed by atoms with E-state index < -0.39 is 11.9 Å². The molecule has 0 unspecified atom stereocenters. The van der Waals surface area contributed by atoms with Crippen LogP contribution in [0, 0.1) is 0 Å². The first-order valence-corrected chi connectivity index (χ1v) is 11.1. The number of hydrogen-bond donors (Lipinski definition) is 2. The number of aromatic nitrogens is 2. The third-order valence-electron chi connectivity index (χ3n) is 5.52. The number of nitrogens with zero attached hydrogens (tertiary/aromatic N) is 4. The molecule has 1 aromatic heterocycles. The number of aliphatic carboxylic acids is 2. The fourth-order valence-corrected chi connectivity index (χ4v) is 3.72. The van der Waals surface area contributed by atoms with Gasteiger partial charge in [0, 0.05) is 62.7 Å². The summed E-state index contributed by atoms with van der Waals surface area (Å²) in [5.41, 5.74) is 1.34. The molecule has 3 rings (SSSR count). The van der Waals surface area contributed by atoms with Crippen LogP contribution in [0.15, 0.2) is 18.2 Å². The standard InChI is InChI=1S/C18H32N4O.C4H4O4/c1-16(2)21-12-10-20(11-13-21)8-5-6-14-23-18-15-17-7-3-4-9-22(17)19-18;5-3(6)1-2-4(7)8/h15-16H,3-14H2,1-2H3;1-2H,(H,5,6)(H,7,8). The number of piperazine rings is 1. The van der Waals surface area contributed by atoms with Crippen LogP contribution in [0.2, 0.25) is 0 Å². The number of rotatable bonds is 9. The quantitative estimate of drug-likeness (QED) is 0.448. The molecule has 0 radical (unpaired) electrons. The van der Waals surface area contributed by atoms with Crippen molar-refractivity contribution in [3.63, 3.8) is 0 Å². The molecule has 0 saturated carbocycles. The summed E-state index contributed by atoms with van der Waals surface area (Å²) in [7, 11) is 0. The van der Waals surface area contributed by atoms with Gasteiger partial charge in [0.2, 0.25) is 5.88 Å². The van der Waals surface area contributed by atoms with E-state index >= 15 is 0 Å². The van der Waals surface area contributed by atoms with Crippen molar-refractivity contribution < 1.29 is 24.5 Å². The minimum atomic E-state index is -1.26. The molecular formula is C22H36N4O5. The van der Waals surface area contributed by atoms with Gasteiger partial charge in [-0.05, 0) is 52.5 Å². The van der Waals surface area contributed by atoms with Crippen LogP contribution in [0.25, 0.3) is 0 Å². The minimum Gasteiger partial charge on any atom is -0.478 e. The molecule has 1 fully saturated rings. The summed E-state index contributed by atoms with van der Waals surface area (Å²) in [6.45, 7) is 12.5. The van der Waals surface area contributed by atoms with E-state index in [0.29, 0.717) is 18.2 Å². The average Bonchev–Trinajstić information content (AvgIpc) is 3.15. The zero-order valence-corrected chi connectivity index (χ0v) is 18.7. The van der Waals surface area contributed by atoms with Gasteiger partial charge in [0.05, 0.1) is 6.61 Å². The highest BCUT2D eigenvalue weighted by Gasteiger charge is 2.18. The first-order chi connectivity index (χ1) is 14.8. The van der Waals surface area contributed by atoms with Crippen LogP contribution in [0.5, 0.6) is 5.88 Å². The van der Waals surface area contributed by atoms with E-state index in [2.05, 4.69) is 39.5 Å². The van der Waals surface area contributed by atoms with Gasteiger partial charge in [-0.3, -0.25) is 9.58 Å². The third kappa shape index (κ3) is 9.52. The summed E-state index contributed by atoms with van der Waals surface area (Å²) in [5.74, 6) is -1.69. The normalized spacial score (nSPS) is 17.3. The van der Waals surface area contributed by atoms with Crippen molar-refractivity contribution in [3.05, 3.63) is 23.9 Å². The molecule has 0 atom stereocenters. The van der Waals surface area contributed by atoms with E-state index in [-0.39, 0.29) is 0 Å². The van der Waals surface area contributed by atoms with Crippen molar-refractivity contribution in [2.24, 2.45) is 0 Å². The van der Waals surface area contributed by atoms with E-state index in [1.165, 1.54) is 57.7 Å². The smallest absolute Gasteiger partial charge is 0.328 e. The molecule has 9 heteroatoms. The molecule has 9 nitrogen and oxygen atoms in total. The molecule has 2 N–H and O–H groups in total. The number of carboxylic acids is 2. The van der Waals surface area contributed by atoms with E-state index in [1.54, 1.807) is 0 Å². The molecule has 31 heavy (non-hydrogen) atoms. The Kier molecular flexibility index (Phi) is 10.5. The second-order valence-electron chi connectivity index (χ2n) is 8.19. The topological polar surface area (TPSA) is 108 Å². The van der Waals surface area contributed by atoms with Gasteiger partial charge in [0.15, 0.2) is 0 Å². The van der Waals surface area contributed by atoms with Crippen molar-refractivity contribution >= 4 is 11.9 Å². The second-order valence-corrected chi connectivity index (χ2v) is 8.19. The summed E-state index contributed by atoms with van der Waals surface area (Å²) in [4.78, 5) is 24.3. The van der Waals surface area contributed by atoms with Crippen LogP contribution in [-0.2, 0) is 22.6 Å². The van der Waals surface area contributed by atoms with Crippen LogP contribution in [0.1, 0.15) is 45.2 Å². The number of carboxylic acid groups (broad SMARTS) is 2. The van der Waals surface area contributed by atoms with E-state index in [9.17, 15) is 9.59 Å². The maximum Gasteiger partial charge on any atom is 0.328 e. The lowest BCUT2D eigenvalue weighted by Crippen LogP contribution is -2.48. The second kappa shape index (κ2) is 13.1. The van der Waals surface area contributed by atoms with E-state index in [1.807, 2.05) is 0 Å². The van der Waals surface area contributed by atoms with Crippen LogP contribution < -0.4 is 4.74 Å². The highest BCUT2D eigenvalue weighted by Crippen LogP contribution is 2.19. The third-order valence-corrected chi connectivity index (χ3v) is 5.52. The zero-order valence-electron chi connectivity index (χ0n) is 18.7. The predicted molar refractivity (Wildman–Crippen MR) is 117 cm³/mol.